The van der Waals surface area contributed by atoms with Gasteiger partial charge in [-0.2, -0.15) is 0 Å². The summed E-state index contributed by atoms with van der Waals surface area (Å²) in [5, 5.41) is 4.41. The summed E-state index contributed by atoms with van der Waals surface area (Å²) in [6.07, 6.45) is 6.23. The zero-order chi connectivity index (χ0) is 76.6. The number of nitrogens with zero attached hydrogens (tertiary/aromatic N) is 9. The van der Waals surface area contributed by atoms with Crippen molar-refractivity contribution in [2.75, 3.05) is 163 Å². The minimum absolute atomic E-state index is 0.00764. The van der Waals surface area contributed by atoms with Crippen molar-refractivity contribution in [2.45, 2.75) is 110 Å². The molecule has 3 aromatic carbocycles. The summed E-state index contributed by atoms with van der Waals surface area (Å²) in [6, 6.07) is 22.0. The topological polar surface area (TPSA) is 383 Å². The smallest absolute Gasteiger partial charge is 0.192 e. The molecule has 6 aromatic heterocycles. The molecule has 6 heterocycles. The minimum Gasteiger partial charge on any atom is -0.493 e. The number of hydrogen-bond donors (Lipinski definition) is 6. The average molecular weight is 1590 g/mol. The van der Waals surface area contributed by atoms with E-state index in [9.17, 15) is 4.39 Å². The third-order valence-corrected chi connectivity index (χ3v) is 22.0. The van der Waals surface area contributed by atoms with Crippen LogP contribution in [0.15, 0.2) is 88.3 Å². The second-order valence-corrected chi connectivity index (χ2v) is 30.9. The maximum absolute atomic E-state index is 12.6. The maximum atomic E-state index is 12.6. The Hall–Kier alpha value is -7.87. The highest BCUT2D eigenvalue weighted by Crippen LogP contribution is 2.51. The van der Waals surface area contributed by atoms with Crippen LogP contribution in [0, 0.1) is 0 Å². The second kappa shape index (κ2) is 44.6. The molecular weight excluding hydrogens is 1490 g/mol. The molecule has 27 nitrogen and oxygen atoms in total. The van der Waals surface area contributed by atoms with E-state index >= 15 is 0 Å². The fourth-order valence-corrected chi connectivity index (χ4v) is 17.1. The first-order valence-corrected chi connectivity index (χ1v) is 39.9. The predicted molar refractivity (Wildman–Crippen MR) is 427 cm³/mol. The molecule has 0 saturated heterocycles. The van der Waals surface area contributed by atoms with E-state index in [0.29, 0.717) is 170 Å². The summed E-state index contributed by atoms with van der Waals surface area (Å²) in [5.41, 5.74) is 40.9. The third-order valence-electron chi connectivity index (χ3n) is 15.4. The van der Waals surface area contributed by atoms with Gasteiger partial charge in [0.05, 0.1) is 120 Å². The highest BCUT2D eigenvalue weighted by molar-refractivity contribution is 7.99. The highest BCUT2D eigenvalue weighted by atomic mass is 32.2. The molecule has 1 aliphatic rings. The monoisotopic (exact) mass is 1590 g/mol. The van der Waals surface area contributed by atoms with E-state index in [-0.39, 0.29) is 22.4 Å². The lowest BCUT2D eigenvalue weighted by Crippen LogP contribution is -2.12. The van der Waals surface area contributed by atoms with Crippen LogP contribution in [0.25, 0.3) is 31.7 Å². The molecule has 1 saturated carbocycles. The van der Waals surface area contributed by atoms with Crippen molar-refractivity contribution in [3.05, 3.63) is 105 Å². The fourth-order valence-electron chi connectivity index (χ4n) is 10.3. The Morgan fingerprint density at radius 2 is 0.701 bits per heavy atom. The number of hydrogen-bond acceptors (Lipinski definition) is 33. The Labute approximate surface area is 649 Å². The first-order valence-electron chi connectivity index (χ1n) is 34.9. The molecule has 9 aromatic rings. The number of thioether (sulfide) groups is 3. The van der Waals surface area contributed by atoms with Crippen LogP contribution in [0.5, 0.6) is 34.5 Å². The third kappa shape index (κ3) is 26.7. The van der Waals surface area contributed by atoms with Crippen molar-refractivity contribution in [1.29, 1.82) is 0 Å². The number of anilines is 6. The highest BCUT2D eigenvalue weighted by Gasteiger charge is 2.33. The quantitative estimate of drug-likeness (QED) is 0.0117. The van der Waals surface area contributed by atoms with Crippen molar-refractivity contribution in [1.82, 2.24) is 44.9 Å². The van der Waals surface area contributed by atoms with Crippen LogP contribution in [0.2, 0.25) is 0 Å². The van der Waals surface area contributed by atoms with Gasteiger partial charge in [0.1, 0.15) is 76.4 Å². The number of alkyl halides is 1. The number of ether oxygens (including phenoxy) is 12. The van der Waals surface area contributed by atoms with Gasteiger partial charge in [-0.05, 0) is 107 Å². The van der Waals surface area contributed by atoms with Crippen LogP contribution in [-0.4, -0.2) is 173 Å². The summed E-state index contributed by atoms with van der Waals surface area (Å²) in [5.74, 6) is 6.34. The molecule has 0 bridgehead atoms. The minimum atomic E-state index is -0.569. The van der Waals surface area contributed by atoms with Crippen molar-refractivity contribution in [3.8, 4) is 66.2 Å². The van der Waals surface area contributed by atoms with Gasteiger partial charge >= 0.3 is 0 Å². The lowest BCUT2D eigenvalue weighted by molar-refractivity contribution is 0.0178. The Bertz CT molecular complexity index is 4140. The molecule has 34 heteroatoms. The Balaban J connectivity index is 0.000000204. The van der Waals surface area contributed by atoms with Crippen LogP contribution in [0.4, 0.5) is 39.3 Å². The summed E-state index contributed by atoms with van der Waals surface area (Å²) < 4.78 is 78.3. The van der Waals surface area contributed by atoms with Crippen molar-refractivity contribution >= 4 is 104 Å². The van der Waals surface area contributed by atoms with Crippen molar-refractivity contribution in [3.63, 3.8) is 0 Å². The van der Waals surface area contributed by atoms with Crippen molar-refractivity contribution < 1.29 is 61.2 Å². The first-order chi connectivity index (χ1) is 51.9. The molecule has 0 spiro atoms. The molecule has 0 radical (unpaired) electrons. The van der Waals surface area contributed by atoms with Gasteiger partial charge in [-0.25, -0.2) is 49.2 Å². The molecule has 1 aliphatic carbocycles. The van der Waals surface area contributed by atoms with E-state index in [4.69, 9.17) is 106 Å². The van der Waals surface area contributed by atoms with Gasteiger partial charge in [0.25, 0.3) is 0 Å². The normalized spacial score (nSPS) is 12.7. The number of aryl methyl sites for hydroxylation is 2. The van der Waals surface area contributed by atoms with Gasteiger partial charge in [-0.1, -0.05) is 62.0 Å². The number of halogens is 1. The summed E-state index contributed by atoms with van der Waals surface area (Å²) in [6.45, 7) is 15.9. The van der Waals surface area contributed by atoms with Crippen LogP contribution in [0.3, 0.4) is 0 Å². The number of benzene rings is 3. The Kier molecular flexibility index (Phi) is 35.3. The summed E-state index contributed by atoms with van der Waals surface area (Å²) in [7, 11) is 8.11. The van der Waals surface area contributed by atoms with Gasteiger partial charge in [-0.3, -0.25) is 0 Å². The van der Waals surface area contributed by atoms with E-state index in [1.54, 1.807) is 81.7 Å². The maximum Gasteiger partial charge on any atom is 0.192 e. The molecule has 107 heavy (non-hydrogen) atoms. The molecule has 3 atom stereocenters. The van der Waals surface area contributed by atoms with E-state index < -0.39 is 6.67 Å². The van der Waals surface area contributed by atoms with Crippen LogP contribution in [-0.2, 0) is 41.3 Å². The number of nitrogen functional groups attached to an aromatic ring is 6. The fraction of sp³-hybridized carbons (Fsp3) is 0.466. The predicted octanol–water partition coefficient (Wildman–Crippen LogP) is 14.1. The van der Waals surface area contributed by atoms with Crippen LogP contribution < -0.4 is 62.8 Å². The summed E-state index contributed by atoms with van der Waals surface area (Å²) >= 11 is 9.54. The van der Waals surface area contributed by atoms with E-state index in [0.717, 1.165) is 74.5 Å². The molecule has 10 rings (SSSR count). The van der Waals surface area contributed by atoms with E-state index in [1.807, 2.05) is 54.6 Å². The van der Waals surface area contributed by atoms with Gasteiger partial charge < -0.3 is 91.2 Å². The van der Waals surface area contributed by atoms with Gasteiger partial charge in [0, 0.05) is 63.7 Å². The molecule has 3 unspecified atom stereocenters. The number of methoxy groups -OCH3 is 5. The van der Waals surface area contributed by atoms with Crippen molar-refractivity contribution in [2.24, 2.45) is 0 Å². The SMILES string of the molecule is CCCc1sc(-c2ccc(OC)c(OCCF)c2)nc1C(C)Sc1nc(N)cc(N)n1.CCCc1sc(-c2ccc(OC)c(OCCOCCOCCOC)c2)nc1C(C)Sc1nc(N)cc(N)n1.COCCOCCOCCOc1cc(-c2nc(C(C)Sc3nc(N)cc(N)n3)c(C3CC3)s2)ccc1OC. The second-order valence-electron chi connectivity index (χ2n) is 23.7. The number of rotatable bonds is 43. The molecule has 12 N–H and O–H groups in total. The number of thiazole rings is 3. The lowest BCUT2D eigenvalue weighted by atomic mass is 10.2. The Morgan fingerprint density at radius 1 is 0.393 bits per heavy atom. The largest absolute Gasteiger partial charge is 0.493 e. The molecule has 580 valence electrons. The molecular formula is C73H98FN15O12S6. The first kappa shape index (κ1) is 84.7. The zero-order valence-electron chi connectivity index (χ0n) is 62.1. The van der Waals surface area contributed by atoms with Gasteiger partial charge in [0.15, 0.2) is 50.0 Å². The Morgan fingerprint density at radius 3 is 1.02 bits per heavy atom. The van der Waals surface area contributed by atoms with Gasteiger partial charge in [0.2, 0.25) is 0 Å². The summed E-state index contributed by atoms with van der Waals surface area (Å²) in [4.78, 5) is 44.6. The van der Waals surface area contributed by atoms with E-state index in [2.05, 4.69) is 64.5 Å². The van der Waals surface area contributed by atoms with Gasteiger partial charge in [-0.15, -0.1) is 34.0 Å². The molecule has 0 aliphatic heterocycles. The standard InChI is InChI=1S/C26H35N5O5S2.C26H37N5O5S2.C21H26FN5O2S2/c1-16(37-26-29-21(27)15-22(28)30-26)23-24(17-4-5-17)38-25(31-23)18-6-7-19(33-3)20(14-18)36-13-12-35-11-10-34-9-8-32-2;1-5-6-21-24(17(2)37-26-29-22(27)16-23(28)30-26)31-25(38-21)18-7-8-19(33-4)20(15-18)36-14-13-35-12-11-34-10-9-32-3;1-4-5-16-19(12(2)30-21-25-17(23)11-18(24)26-21)27-20(31-16)13-6-7-14(28-3)15(10-13)29-9-8-22/h6-7,14-17H,4-5,8-13H2,1-3H3,(H4,27,28,29,30);7-8,15-17H,5-6,9-14H2,1-4H3,(H4,27,28,29,30);6-7,10-12H,4-5,8-9H2,1-3H3,(H4,23,24,25,26). The average Bonchev–Trinajstić information content (AvgIpc) is 1.66. The van der Waals surface area contributed by atoms with Crippen LogP contribution in [0.1, 0.15) is 114 Å². The molecule has 1 fully saturated rings. The van der Waals surface area contributed by atoms with E-state index in [1.165, 1.54) is 68.8 Å². The lowest BCUT2D eigenvalue weighted by Gasteiger charge is -2.12. The number of nitrogens with two attached hydrogens (primary N) is 6. The zero-order valence-corrected chi connectivity index (χ0v) is 67.0. The number of aromatic nitrogens is 9. The molecule has 0 amide bonds. The van der Waals surface area contributed by atoms with Crippen LogP contribution >= 0.6 is 69.3 Å².